The third kappa shape index (κ3) is 45.3. The van der Waals surface area contributed by atoms with Gasteiger partial charge in [0.15, 0.2) is 18.9 Å². The van der Waals surface area contributed by atoms with E-state index in [1.807, 2.05) is 6.08 Å². The lowest BCUT2D eigenvalue weighted by atomic mass is 9.96. The predicted octanol–water partition coefficient (Wildman–Crippen LogP) is 15.1. The predicted molar refractivity (Wildman–Crippen MR) is 424 cm³/mol. The number of unbranched alkanes of at least 4 members (excludes halogenated alkanes) is 37. The van der Waals surface area contributed by atoms with Crippen LogP contribution in [0.15, 0.2) is 97.2 Å². The zero-order valence-corrected chi connectivity index (χ0v) is 65.9. The molecule has 0 saturated carbocycles. The van der Waals surface area contributed by atoms with Crippen molar-refractivity contribution in [3.8, 4) is 0 Å². The molecule has 3 heterocycles. The molecule has 12 N–H and O–H groups in total. The highest BCUT2D eigenvalue weighted by atomic mass is 16.8. The molecule has 3 rings (SSSR count). The van der Waals surface area contributed by atoms with E-state index in [0.717, 1.165) is 89.9 Å². The van der Waals surface area contributed by atoms with Crippen LogP contribution in [0.5, 0.6) is 0 Å². The van der Waals surface area contributed by atoms with Gasteiger partial charge >= 0.3 is 0 Å². The molecule has 3 saturated heterocycles. The van der Waals surface area contributed by atoms with Crippen LogP contribution in [0.2, 0.25) is 0 Å². The van der Waals surface area contributed by atoms with E-state index in [4.69, 9.17) is 28.4 Å². The third-order valence-electron chi connectivity index (χ3n) is 20.6. The van der Waals surface area contributed by atoms with E-state index in [0.29, 0.717) is 12.8 Å². The summed E-state index contributed by atoms with van der Waals surface area (Å²) in [7, 11) is 0. The molecular weight excluding hydrogens is 1350 g/mol. The number of carbonyl (C=O) groups is 1. The van der Waals surface area contributed by atoms with Crippen molar-refractivity contribution in [2.45, 2.75) is 420 Å². The minimum atomic E-state index is -1.99. The van der Waals surface area contributed by atoms with Crippen molar-refractivity contribution in [2.24, 2.45) is 0 Å². The fraction of sp³-hybridized carbons (Fsp3) is 0.805. The number of aliphatic hydroxyl groups excluding tert-OH is 11. The largest absolute Gasteiger partial charge is 0.394 e. The average Bonchev–Trinajstić information content (AvgIpc) is 0.781. The molecule has 17 unspecified atom stereocenters. The van der Waals surface area contributed by atoms with Crippen molar-refractivity contribution < 1.29 is 89.4 Å². The average molecular weight is 1500 g/mol. The summed E-state index contributed by atoms with van der Waals surface area (Å²) < 4.78 is 34.5. The lowest BCUT2D eigenvalue weighted by molar-refractivity contribution is -0.379. The van der Waals surface area contributed by atoms with E-state index in [9.17, 15) is 61.0 Å². The summed E-state index contributed by atoms with van der Waals surface area (Å²) in [5.74, 6) is -0.291. The Balaban J connectivity index is 1.38. The van der Waals surface area contributed by atoms with Crippen LogP contribution in [0.3, 0.4) is 0 Å². The molecule has 1 amide bonds. The van der Waals surface area contributed by atoms with Gasteiger partial charge in [0.1, 0.15) is 73.2 Å². The van der Waals surface area contributed by atoms with Crippen LogP contribution in [0, 0.1) is 0 Å². The number of hydrogen-bond donors (Lipinski definition) is 12. The Morgan fingerprint density at radius 2 is 0.660 bits per heavy atom. The van der Waals surface area contributed by atoms with E-state index < -0.39 is 124 Å². The molecule has 17 atom stereocenters. The Kier molecular flexibility index (Phi) is 60.6. The third-order valence-corrected chi connectivity index (χ3v) is 20.6. The number of aliphatic hydroxyl groups is 11. The van der Waals surface area contributed by atoms with Crippen molar-refractivity contribution in [2.75, 3.05) is 26.4 Å². The Hall–Kier alpha value is -3.29. The van der Waals surface area contributed by atoms with Crippen molar-refractivity contribution in [3.63, 3.8) is 0 Å². The lowest BCUT2D eigenvalue weighted by Gasteiger charge is -2.48. The number of allylic oxidation sites excluding steroid dienone is 15. The maximum Gasteiger partial charge on any atom is 0.220 e. The lowest BCUT2D eigenvalue weighted by Crippen LogP contribution is -2.66. The first-order valence-corrected chi connectivity index (χ1v) is 42.5. The number of hydrogen-bond acceptors (Lipinski definition) is 18. The van der Waals surface area contributed by atoms with Gasteiger partial charge in [0.25, 0.3) is 0 Å². The topological polar surface area (TPSA) is 307 Å². The van der Waals surface area contributed by atoms with Gasteiger partial charge in [-0.3, -0.25) is 4.79 Å². The fourth-order valence-corrected chi connectivity index (χ4v) is 13.8. The SMILES string of the molecule is CC/C=C\C/C=C\C/C=C\C/C=C\C/C=C\CCCCCCCCCCCCCCCC(=O)NC(COC1OC(CO)C(OC2OC(CO)C(OC3OC(CO)C(O)C(O)C3O)C(O)C2O)C(O)C1O)C(O)/C=C/CC/C=C/CC/C=C/CCCCCCCCCCCCCCCCCCCCCCCC. The molecular formula is C87H153NO18. The van der Waals surface area contributed by atoms with Crippen molar-refractivity contribution in [3.05, 3.63) is 97.2 Å². The summed E-state index contributed by atoms with van der Waals surface area (Å²) in [6.07, 6.45) is 64.0. The molecule has 3 fully saturated rings. The Morgan fingerprint density at radius 1 is 0.349 bits per heavy atom. The normalized spacial score (nSPS) is 26.1. The van der Waals surface area contributed by atoms with Gasteiger partial charge in [0, 0.05) is 6.42 Å². The molecule has 0 bridgehead atoms. The molecule has 3 aliphatic rings. The van der Waals surface area contributed by atoms with Gasteiger partial charge in [-0.15, -0.1) is 0 Å². The molecule has 3 aliphatic heterocycles. The number of ether oxygens (including phenoxy) is 6. The summed E-state index contributed by atoms with van der Waals surface area (Å²) in [6, 6.07) is -1.01. The standard InChI is InChI=1S/C87H153NO18/c1-3-5-7-9-11-13-15-17-19-21-23-25-27-29-31-33-34-35-37-38-40-42-44-46-48-50-52-54-56-58-60-62-64-71(92)70(88-75(93)65-63-61-59-57-55-53-51-49-47-45-43-41-39-36-32-30-28-26-24-22-20-18-16-14-12-10-8-6-4-2)69-101-85-81(99)78(96)83(73(67-90)103-85)106-87-82(100)79(97)84(74(68-91)104-87)105-86-80(98)77(95)76(94)72(66-89)102-86/h6,8,12,14,18,20,24,26,30,32,46,48,54,56,62,64,70-74,76-87,89-92,94-100H,3-5,7,9-11,13,15-17,19,21-23,25,27-29,31,33-45,47,49-53,55,57-61,63,65-69H2,1-2H3,(H,88,93)/b8-6-,14-12-,20-18-,26-24-,32-30-,48-46+,56-54+,64-62+. The van der Waals surface area contributed by atoms with Gasteiger partial charge in [0.05, 0.1) is 38.6 Å². The van der Waals surface area contributed by atoms with Crippen LogP contribution in [0.4, 0.5) is 0 Å². The number of nitrogens with one attached hydrogen (secondary N) is 1. The zero-order valence-electron chi connectivity index (χ0n) is 65.9. The van der Waals surface area contributed by atoms with Gasteiger partial charge in [-0.05, 0) is 89.9 Å². The van der Waals surface area contributed by atoms with Gasteiger partial charge in [0.2, 0.25) is 5.91 Å². The smallest absolute Gasteiger partial charge is 0.220 e. The summed E-state index contributed by atoms with van der Waals surface area (Å²) in [4.78, 5) is 13.5. The van der Waals surface area contributed by atoms with E-state index in [-0.39, 0.29) is 18.9 Å². The van der Waals surface area contributed by atoms with Gasteiger partial charge in [-0.1, -0.05) is 317 Å². The maximum atomic E-state index is 13.5. The van der Waals surface area contributed by atoms with Crippen LogP contribution in [-0.4, -0.2) is 193 Å². The molecule has 0 aromatic rings. The Morgan fingerprint density at radius 3 is 1.06 bits per heavy atom. The molecule has 0 aliphatic carbocycles. The highest BCUT2D eigenvalue weighted by Crippen LogP contribution is 2.33. The zero-order chi connectivity index (χ0) is 76.7. The molecule has 106 heavy (non-hydrogen) atoms. The number of amides is 1. The molecule has 19 heteroatoms. The summed E-state index contributed by atoms with van der Waals surface area (Å²) in [5.41, 5.74) is 0. The highest BCUT2D eigenvalue weighted by molar-refractivity contribution is 5.76. The van der Waals surface area contributed by atoms with Crippen LogP contribution in [0.25, 0.3) is 0 Å². The molecule has 0 aromatic heterocycles. The molecule has 0 spiro atoms. The monoisotopic (exact) mass is 1500 g/mol. The minimum absolute atomic E-state index is 0.226. The van der Waals surface area contributed by atoms with Gasteiger partial charge in [-0.2, -0.15) is 0 Å². The van der Waals surface area contributed by atoms with E-state index >= 15 is 0 Å². The fourth-order valence-electron chi connectivity index (χ4n) is 13.8. The number of rotatable bonds is 67. The van der Waals surface area contributed by atoms with Crippen LogP contribution in [-0.2, 0) is 33.2 Å². The minimum Gasteiger partial charge on any atom is -0.394 e. The maximum absolute atomic E-state index is 13.5. The summed E-state index contributed by atoms with van der Waals surface area (Å²) in [5, 5.41) is 121. The first kappa shape index (κ1) is 96.9. The second kappa shape index (κ2) is 66.3. The second-order valence-electron chi connectivity index (χ2n) is 29.9. The van der Waals surface area contributed by atoms with Crippen molar-refractivity contribution >= 4 is 5.91 Å². The van der Waals surface area contributed by atoms with Crippen LogP contribution >= 0.6 is 0 Å². The van der Waals surface area contributed by atoms with E-state index in [1.54, 1.807) is 6.08 Å². The molecule has 0 radical (unpaired) electrons. The summed E-state index contributed by atoms with van der Waals surface area (Å²) in [6.45, 7) is 1.63. The first-order valence-electron chi connectivity index (χ1n) is 42.5. The molecule has 19 nitrogen and oxygen atoms in total. The number of carbonyl (C=O) groups excluding carboxylic acids is 1. The second-order valence-corrected chi connectivity index (χ2v) is 29.9. The first-order chi connectivity index (χ1) is 51.8. The van der Waals surface area contributed by atoms with Crippen molar-refractivity contribution in [1.82, 2.24) is 5.32 Å². The van der Waals surface area contributed by atoms with E-state index in [1.165, 1.54) is 193 Å². The van der Waals surface area contributed by atoms with Crippen LogP contribution < -0.4 is 5.32 Å². The molecule has 0 aromatic carbocycles. The van der Waals surface area contributed by atoms with E-state index in [2.05, 4.69) is 104 Å². The van der Waals surface area contributed by atoms with Gasteiger partial charge < -0.3 is 89.9 Å². The highest BCUT2D eigenvalue weighted by Gasteiger charge is 2.54. The van der Waals surface area contributed by atoms with Crippen LogP contribution in [0.1, 0.15) is 316 Å². The quantitative estimate of drug-likeness (QED) is 0.0199. The van der Waals surface area contributed by atoms with Crippen molar-refractivity contribution in [1.29, 1.82) is 0 Å². The Bertz CT molecular complexity index is 2290. The van der Waals surface area contributed by atoms with Gasteiger partial charge in [-0.25, -0.2) is 0 Å². The molecule has 614 valence electrons. The Labute approximate surface area is 641 Å². The summed E-state index contributed by atoms with van der Waals surface area (Å²) >= 11 is 0.